The fourth-order valence-electron chi connectivity index (χ4n) is 0.874. The molecular weight excluding hydrogens is 157 g/mol. The van der Waals surface area contributed by atoms with Crippen molar-refractivity contribution >= 4 is 0 Å². The number of hydrogen-bond acceptors (Lipinski definition) is 2. The van der Waals surface area contributed by atoms with Crippen molar-refractivity contribution in [3.63, 3.8) is 0 Å². The standard InChI is InChI=1S/C8H5FN3/c9-7-5-11-12(6-7)8-3-1-2-4-10-8/h1,3-6H. The first-order valence-corrected chi connectivity index (χ1v) is 3.39. The van der Waals surface area contributed by atoms with Crippen molar-refractivity contribution in [2.75, 3.05) is 0 Å². The zero-order valence-electron chi connectivity index (χ0n) is 6.11. The maximum absolute atomic E-state index is 12.5. The van der Waals surface area contributed by atoms with Gasteiger partial charge >= 0.3 is 0 Å². The van der Waals surface area contributed by atoms with Gasteiger partial charge in [-0.3, -0.25) is 0 Å². The van der Waals surface area contributed by atoms with Gasteiger partial charge in [-0.2, -0.15) is 5.10 Å². The lowest BCUT2D eigenvalue weighted by molar-refractivity contribution is 0.627. The molecule has 0 aliphatic carbocycles. The van der Waals surface area contributed by atoms with Gasteiger partial charge < -0.3 is 0 Å². The lowest BCUT2D eigenvalue weighted by atomic mass is 10.5. The fourth-order valence-corrected chi connectivity index (χ4v) is 0.874. The van der Waals surface area contributed by atoms with E-state index in [-0.39, 0.29) is 5.82 Å². The lowest BCUT2D eigenvalue weighted by Crippen LogP contribution is -1.95. The van der Waals surface area contributed by atoms with Crippen LogP contribution in [0.25, 0.3) is 5.82 Å². The first kappa shape index (κ1) is 6.97. The summed E-state index contributed by atoms with van der Waals surface area (Å²) in [6.45, 7) is 0. The van der Waals surface area contributed by atoms with Gasteiger partial charge in [-0.25, -0.2) is 14.1 Å². The van der Waals surface area contributed by atoms with Crippen molar-refractivity contribution in [1.29, 1.82) is 0 Å². The van der Waals surface area contributed by atoms with Gasteiger partial charge in [0.15, 0.2) is 11.6 Å². The summed E-state index contributed by atoms with van der Waals surface area (Å²) in [5, 5.41) is 3.75. The molecule has 0 atom stereocenters. The van der Waals surface area contributed by atoms with E-state index in [1.807, 2.05) is 0 Å². The molecule has 2 aromatic heterocycles. The Hall–Kier alpha value is -1.71. The summed E-state index contributed by atoms with van der Waals surface area (Å²) in [5.41, 5.74) is 0. The fraction of sp³-hybridized carbons (Fsp3) is 0. The van der Waals surface area contributed by atoms with Gasteiger partial charge in [-0.1, -0.05) is 0 Å². The molecule has 0 spiro atoms. The van der Waals surface area contributed by atoms with E-state index in [9.17, 15) is 4.39 Å². The molecule has 2 heterocycles. The van der Waals surface area contributed by atoms with Gasteiger partial charge in [0, 0.05) is 12.3 Å². The highest BCUT2D eigenvalue weighted by Gasteiger charge is 1.98. The quantitative estimate of drug-likeness (QED) is 0.630. The average molecular weight is 162 g/mol. The highest BCUT2D eigenvalue weighted by molar-refractivity contribution is 5.19. The molecule has 0 aliphatic heterocycles. The third-order valence-electron chi connectivity index (χ3n) is 1.39. The molecule has 0 amide bonds. The second-order valence-corrected chi connectivity index (χ2v) is 2.22. The maximum atomic E-state index is 12.5. The Bertz CT molecular complexity index is 369. The SMILES string of the molecule is Fc1cnn(-c2cc[c]cn2)c1. The first-order chi connectivity index (χ1) is 5.86. The van der Waals surface area contributed by atoms with Gasteiger partial charge in [0.2, 0.25) is 0 Å². The Morgan fingerprint density at radius 1 is 1.50 bits per heavy atom. The second-order valence-electron chi connectivity index (χ2n) is 2.22. The molecule has 0 N–H and O–H groups in total. The van der Waals surface area contributed by atoms with Gasteiger partial charge in [-0.05, 0) is 12.1 Å². The van der Waals surface area contributed by atoms with E-state index < -0.39 is 0 Å². The Morgan fingerprint density at radius 3 is 3.00 bits per heavy atom. The molecule has 59 valence electrons. The molecule has 1 radical (unpaired) electrons. The topological polar surface area (TPSA) is 30.7 Å². The highest BCUT2D eigenvalue weighted by atomic mass is 19.1. The number of hydrogen-bond donors (Lipinski definition) is 0. The Labute approximate surface area is 68.5 Å². The average Bonchev–Trinajstić information content (AvgIpc) is 2.54. The summed E-state index contributed by atoms with van der Waals surface area (Å²) < 4.78 is 13.9. The minimum absolute atomic E-state index is 0.371. The van der Waals surface area contributed by atoms with Crippen LogP contribution in [0.5, 0.6) is 0 Å². The highest BCUT2D eigenvalue weighted by Crippen LogP contribution is 2.02. The number of pyridine rings is 1. The van der Waals surface area contributed by atoms with Crippen molar-refractivity contribution in [3.05, 3.63) is 42.6 Å². The summed E-state index contributed by atoms with van der Waals surface area (Å²) in [6, 6.07) is 6.16. The normalized spacial score (nSPS) is 10.1. The monoisotopic (exact) mass is 162 g/mol. The zero-order valence-corrected chi connectivity index (χ0v) is 6.11. The second kappa shape index (κ2) is 2.73. The van der Waals surface area contributed by atoms with Crippen LogP contribution in [0.3, 0.4) is 0 Å². The maximum Gasteiger partial charge on any atom is 0.161 e. The molecule has 0 aliphatic rings. The summed E-state index contributed by atoms with van der Waals surface area (Å²) in [5.74, 6) is 0.210. The molecule has 4 heteroatoms. The molecule has 3 nitrogen and oxygen atoms in total. The van der Waals surface area contributed by atoms with Crippen LogP contribution < -0.4 is 0 Å². The van der Waals surface area contributed by atoms with E-state index in [2.05, 4.69) is 16.1 Å². The van der Waals surface area contributed by atoms with Gasteiger partial charge in [0.25, 0.3) is 0 Å². The molecule has 0 unspecified atom stereocenters. The molecule has 2 aromatic rings. The number of aromatic nitrogens is 3. The van der Waals surface area contributed by atoms with Gasteiger partial charge in [0.1, 0.15) is 0 Å². The van der Waals surface area contributed by atoms with Crippen molar-refractivity contribution < 1.29 is 4.39 Å². The van der Waals surface area contributed by atoms with E-state index in [0.717, 1.165) is 6.20 Å². The number of rotatable bonds is 1. The molecular formula is C8H5FN3. The summed E-state index contributed by atoms with van der Waals surface area (Å²) in [4.78, 5) is 3.94. The van der Waals surface area contributed by atoms with Crippen LogP contribution in [0, 0.1) is 11.9 Å². The molecule has 12 heavy (non-hydrogen) atoms. The third kappa shape index (κ3) is 1.18. The zero-order chi connectivity index (χ0) is 8.39. The molecule has 0 aromatic carbocycles. The predicted molar refractivity (Wildman–Crippen MR) is 40.2 cm³/mol. The largest absolute Gasteiger partial charge is 0.236 e. The predicted octanol–water partition coefficient (Wildman–Crippen LogP) is 1.21. The Balaban J connectivity index is 2.45. The van der Waals surface area contributed by atoms with Crippen molar-refractivity contribution in [1.82, 2.24) is 14.8 Å². The van der Waals surface area contributed by atoms with Crippen LogP contribution in [0.2, 0.25) is 0 Å². The van der Waals surface area contributed by atoms with Crippen LogP contribution in [0.1, 0.15) is 0 Å². The lowest BCUT2D eigenvalue weighted by Gasteiger charge is -1.96. The first-order valence-electron chi connectivity index (χ1n) is 3.39. The number of nitrogens with zero attached hydrogens (tertiary/aromatic N) is 3. The van der Waals surface area contributed by atoms with Crippen LogP contribution in [-0.2, 0) is 0 Å². The van der Waals surface area contributed by atoms with Gasteiger partial charge in [0.05, 0.1) is 12.4 Å². The van der Waals surface area contributed by atoms with E-state index in [1.54, 1.807) is 12.1 Å². The van der Waals surface area contributed by atoms with Gasteiger partial charge in [-0.15, -0.1) is 0 Å². The van der Waals surface area contributed by atoms with E-state index in [0.29, 0.717) is 5.82 Å². The minimum atomic E-state index is -0.371. The van der Waals surface area contributed by atoms with Crippen molar-refractivity contribution in [2.24, 2.45) is 0 Å². The van der Waals surface area contributed by atoms with Crippen LogP contribution >= 0.6 is 0 Å². The van der Waals surface area contributed by atoms with Crippen molar-refractivity contribution in [3.8, 4) is 5.82 Å². The Morgan fingerprint density at radius 2 is 2.42 bits per heavy atom. The smallest absolute Gasteiger partial charge is 0.161 e. The molecule has 0 bridgehead atoms. The Kier molecular flexibility index (Phi) is 1.59. The van der Waals surface area contributed by atoms with Crippen LogP contribution in [-0.4, -0.2) is 14.8 Å². The summed E-state index contributed by atoms with van der Waals surface area (Å²) >= 11 is 0. The molecule has 0 fully saturated rings. The summed E-state index contributed by atoms with van der Waals surface area (Å²) in [7, 11) is 0. The number of halogens is 1. The van der Waals surface area contributed by atoms with E-state index in [1.165, 1.54) is 17.1 Å². The summed E-state index contributed by atoms with van der Waals surface area (Å²) in [6.07, 6.45) is 3.91. The minimum Gasteiger partial charge on any atom is -0.236 e. The molecule has 0 saturated carbocycles. The molecule has 0 saturated heterocycles. The van der Waals surface area contributed by atoms with E-state index >= 15 is 0 Å². The molecule has 2 rings (SSSR count). The van der Waals surface area contributed by atoms with E-state index in [4.69, 9.17) is 0 Å². The van der Waals surface area contributed by atoms with Crippen LogP contribution in [0.4, 0.5) is 4.39 Å². The third-order valence-corrected chi connectivity index (χ3v) is 1.39. The van der Waals surface area contributed by atoms with Crippen LogP contribution in [0.15, 0.2) is 30.7 Å². The van der Waals surface area contributed by atoms with Crippen molar-refractivity contribution in [2.45, 2.75) is 0 Å².